The number of pyridine rings is 1. The number of aliphatic hydroxyl groups is 1. The van der Waals surface area contributed by atoms with E-state index in [-0.39, 0.29) is 5.41 Å². The number of aromatic nitrogens is 1. The smallest absolute Gasteiger partial charge is 0.0843 e. The molecule has 2 aliphatic carbocycles. The van der Waals surface area contributed by atoms with Gasteiger partial charge in [0.05, 0.1) is 16.8 Å². The van der Waals surface area contributed by atoms with E-state index in [1.165, 1.54) is 29.5 Å². The van der Waals surface area contributed by atoms with Gasteiger partial charge in [0, 0.05) is 16.4 Å². The molecule has 2 heteroatoms. The molecule has 2 aliphatic rings. The summed E-state index contributed by atoms with van der Waals surface area (Å²) in [5.74, 6) is 0. The lowest BCUT2D eigenvalue weighted by molar-refractivity contribution is 0.0775. The third kappa shape index (κ3) is 4.76. The van der Waals surface area contributed by atoms with Crippen molar-refractivity contribution in [1.82, 2.24) is 4.98 Å². The second-order valence-corrected chi connectivity index (χ2v) is 10.2. The highest BCUT2D eigenvalue weighted by Gasteiger charge is 2.45. The molecule has 2 nitrogen and oxygen atoms in total. The molecule has 2 aromatic carbocycles. The van der Waals surface area contributed by atoms with Crippen LogP contribution in [0.4, 0.5) is 0 Å². The van der Waals surface area contributed by atoms with Gasteiger partial charge in [-0.25, -0.2) is 4.98 Å². The predicted octanol–water partition coefficient (Wildman–Crippen LogP) is 7.37. The molecule has 1 N–H and O–H groups in total. The number of rotatable bonds is 7. The lowest BCUT2D eigenvalue weighted by atomic mass is 9.84. The van der Waals surface area contributed by atoms with Crippen LogP contribution in [-0.2, 0) is 12.0 Å². The van der Waals surface area contributed by atoms with E-state index in [0.29, 0.717) is 0 Å². The van der Waals surface area contributed by atoms with Gasteiger partial charge in [0.25, 0.3) is 0 Å². The van der Waals surface area contributed by atoms with Crippen LogP contribution in [0.15, 0.2) is 95.4 Å². The first-order chi connectivity index (χ1) is 16.3. The van der Waals surface area contributed by atoms with E-state index in [1.54, 1.807) is 0 Å². The highest BCUT2D eigenvalue weighted by molar-refractivity contribution is 5.80. The fourth-order valence-corrected chi connectivity index (χ4v) is 4.85. The molecule has 5 rings (SSSR count). The molecule has 0 radical (unpaired) electrons. The third-order valence-corrected chi connectivity index (χ3v) is 7.05. The minimum absolute atomic E-state index is 0.172. The van der Waals surface area contributed by atoms with Crippen molar-refractivity contribution in [3.05, 3.63) is 118 Å². The molecule has 1 fully saturated rings. The lowest BCUT2D eigenvalue weighted by Crippen LogP contribution is -2.18. The van der Waals surface area contributed by atoms with Gasteiger partial charge in [-0.1, -0.05) is 60.0 Å². The number of benzene rings is 2. The van der Waals surface area contributed by atoms with Gasteiger partial charge in [0.15, 0.2) is 0 Å². The minimum atomic E-state index is -0.826. The number of fused-ring (bicyclic) bond motifs is 1. The summed E-state index contributed by atoms with van der Waals surface area (Å²) < 4.78 is 0. The fraction of sp³-hybridized carbons (Fsp3) is 0.281. The molecule has 0 amide bonds. The molecule has 0 atom stereocenters. The summed E-state index contributed by atoms with van der Waals surface area (Å²) >= 11 is 0. The standard InChI is InChI=1S/C32H31NO/c1-23-11-13-26-14-16-28(33-30(26)21-23)15-12-24-7-6-9-27(22-24)32(19-20-32)18-17-25-8-4-5-10-29(25)31(2,3)34/h4-5,7-8,10-16,21-22,34H,17-20H2,1-3H3/b15-12+. The van der Waals surface area contributed by atoms with Gasteiger partial charge in [0.1, 0.15) is 0 Å². The van der Waals surface area contributed by atoms with Crippen LogP contribution in [0.3, 0.4) is 0 Å². The molecule has 0 aliphatic heterocycles. The molecule has 1 heterocycles. The van der Waals surface area contributed by atoms with Gasteiger partial charge >= 0.3 is 0 Å². The van der Waals surface area contributed by atoms with Crippen LogP contribution in [0.2, 0.25) is 0 Å². The lowest BCUT2D eigenvalue weighted by Gasteiger charge is -2.23. The van der Waals surface area contributed by atoms with Gasteiger partial charge in [-0.15, -0.1) is 0 Å². The second-order valence-electron chi connectivity index (χ2n) is 10.2. The van der Waals surface area contributed by atoms with Gasteiger partial charge in [-0.3, -0.25) is 0 Å². The summed E-state index contributed by atoms with van der Waals surface area (Å²) in [5, 5.41) is 11.7. The monoisotopic (exact) mass is 445 g/mol. The van der Waals surface area contributed by atoms with Gasteiger partial charge < -0.3 is 5.11 Å². The van der Waals surface area contributed by atoms with E-state index in [0.717, 1.165) is 40.6 Å². The molecule has 170 valence electrons. The molecule has 0 spiro atoms. The van der Waals surface area contributed by atoms with Crippen molar-refractivity contribution >= 4 is 17.0 Å². The Balaban J connectivity index is 1.32. The Morgan fingerprint density at radius 2 is 1.85 bits per heavy atom. The van der Waals surface area contributed by atoms with Crippen molar-refractivity contribution in [3.63, 3.8) is 0 Å². The van der Waals surface area contributed by atoms with Crippen LogP contribution in [0, 0.1) is 12.3 Å². The average molecular weight is 446 g/mol. The Bertz CT molecular complexity index is 1410. The zero-order chi connectivity index (χ0) is 23.8. The van der Waals surface area contributed by atoms with Crippen LogP contribution < -0.4 is 0 Å². The Morgan fingerprint density at radius 3 is 2.65 bits per heavy atom. The van der Waals surface area contributed by atoms with Crippen LogP contribution >= 0.6 is 0 Å². The predicted molar refractivity (Wildman–Crippen MR) is 140 cm³/mol. The van der Waals surface area contributed by atoms with Crippen LogP contribution in [0.1, 0.15) is 55.5 Å². The Kier molecular flexibility index (Phi) is 5.76. The summed E-state index contributed by atoms with van der Waals surface area (Å²) in [7, 11) is 0. The summed E-state index contributed by atoms with van der Waals surface area (Å²) in [5.41, 5.74) is 13.8. The molecule has 0 unspecified atom stereocenters. The maximum absolute atomic E-state index is 10.6. The van der Waals surface area contributed by atoms with Gasteiger partial charge in [-0.2, -0.15) is 0 Å². The van der Waals surface area contributed by atoms with Crippen LogP contribution in [-0.4, -0.2) is 10.1 Å². The molecule has 1 aromatic heterocycles. The normalized spacial score (nSPS) is 16.7. The number of nitrogens with zero attached hydrogens (tertiary/aromatic N) is 1. The first kappa shape index (κ1) is 22.4. The fourth-order valence-electron chi connectivity index (χ4n) is 4.85. The van der Waals surface area contributed by atoms with E-state index in [4.69, 9.17) is 4.98 Å². The maximum Gasteiger partial charge on any atom is 0.0843 e. The van der Waals surface area contributed by atoms with Crippen molar-refractivity contribution in [2.24, 2.45) is 5.41 Å². The second kappa shape index (κ2) is 8.75. The summed E-state index contributed by atoms with van der Waals surface area (Å²) in [6.45, 7) is 5.82. The van der Waals surface area contributed by atoms with E-state index in [1.807, 2.05) is 32.1 Å². The third-order valence-electron chi connectivity index (χ3n) is 7.05. The van der Waals surface area contributed by atoms with Crippen molar-refractivity contribution in [1.29, 1.82) is 0 Å². The summed E-state index contributed by atoms with van der Waals surface area (Å²) in [4.78, 5) is 4.80. The molecule has 1 saturated carbocycles. The average Bonchev–Trinajstić information content (AvgIpc) is 3.62. The summed E-state index contributed by atoms with van der Waals surface area (Å²) in [6, 6.07) is 18.8. The first-order valence-electron chi connectivity index (χ1n) is 12.1. The molecule has 0 bridgehead atoms. The molecule has 34 heavy (non-hydrogen) atoms. The molecule has 3 aromatic rings. The van der Waals surface area contributed by atoms with E-state index < -0.39 is 5.60 Å². The maximum atomic E-state index is 10.6. The molecule has 0 saturated heterocycles. The molecular formula is C32H31NO. The van der Waals surface area contributed by atoms with Crippen LogP contribution in [0.5, 0.6) is 0 Å². The van der Waals surface area contributed by atoms with Crippen molar-refractivity contribution < 1.29 is 5.11 Å². The molecular weight excluding hydrogens is 414 g/mol. The largest absolute Gasteiger partial charge is 0.386 e. The number of allylic oxidation sites excluding steroid dienone is 5. The quantitative estimate of drug-likeness (QED) is 0.385. The first-order valence-corrected chi connectivity index (χ1v) is 12.1. The van der Waals surface area contributed by atoms with Crippen molar-refractivity contribution in [2.75, 3.05) is 0 Å². The van der Waals surface area contributed by atoms with Crippen molar-refractivity contribution in [2.45, 2.75) is 52.1 Å². The number of hydrogen-bond acceptors (Lipinski definition) is 2. The Hall–Kier alpha value is -3.41. The number of aryl methyl sites for hydroxylation is 2. The van der Waals surface area contributed by atoms with Gasteiger partial charge in [-0.05, 0) is 99.1 Å². The number of hydrogen-bond donors (Lipinski definition) is 1. The highest BCUT2D eigenvalue weighted by Crippen LogP contribution is 2.56. The van der Waals surface area contributed by atoms with E-state index >= 15 is 0 Å². The van der Waals surface area contributed by atoms with E-state index in [9.17, 15) is 5.11 Å². The highest BCUT2D eigenvalue weighted by atomic mass is 16.3. The summed E-state index contributed by atoms with van der Waals surface area (Å²) in [6.07, 6.45) is 12.8. The topological polar surface area (TPSA) is 33.1 Å². The Morgan fingerprint density at radius 1 is 1.06 bits per heavy atom. The van der Waals surface area contributed by atoms with Crippen molar-refractivity contribution in [3.8, 4) is 0 Å². The SMILES string of the molecule is Cc1ccc2ccc(/C=C/C3=CC(C4(CCc5ccccc5C(C)(C)O)CC4)=C=C=C3)nc2c1. The van der Waals surface area contributed by atoms with E-state index in [2.05, 4.69) is 79.1 Å². The van der Waals surface area contributed by atoms with Crippen LogP contribution in [0.25, 0.3) is 17.0 Å². The van der Waals surface area contributed by atoms with Gasteiger partial charge in [0.2, 0.25) is 0 Å². The zero-order valence-electron chi connectivity index (χ0n) is 20.2. The minimum Gasteiger partial charge on any atom is -0.386 e. The zero-order valence-corrected chi connectivity index (χ0v) is 20.2. The Labute approximate surface area is 202 Å².